The summed E-state index contributed by atoms with van der Waals surface area (Å²) in [6.45, 7) is 4.71. The zero-order chi connectivity index (χ0) is 18.2. The molecule has 3 heterocycles. The minimum Gasteiger partial charge on any atom is -0.376 e. The maximum atomic E-state index is 12.2. The Morgan fingerprint density at radius 2 is 1.78 bits per heavy atom. The molecule has 0 radical (unpaired) electrons. The number of hydrogen-bond donors (Lipinski definition) is 1. The van der Waals surface area contributed by atoms with Crippen LogP contribution in [0.25, 0.3) is 0 Å². The van der Waals surface area contributed by atoms with Gasteiger partial charge in [-0.05, 0) is 56.8 Å². The van der Waals surface area contributed by atoms with Gasteiger partial charge in [-0.15, -0.1) is 12.4 Å². The smallest absolute Gasteiger partial charge is 0.376 e. The number of halogens is 1. The molecule has 0 unspecified atom stereocenters. The van der Waals surface area contributed by atoms with Gasteiger partial charge >= 0.3 is 12.1 Å². The Morgan fingerprint density at radius 3 is 2.44 bits per heavy atom. The maximum Gasteiger partial charge on any atom is 0.417 e. The van der Waals surface area contributed by atoms with Gasteiger partial charge in [0.25, 0.3) is 0 Å². The first-order valence-electron chi connectivity index (χ1n) is 9.57. The van der Waals surface area contributed by atoms with Gasteiger partial charge in [0.1, 0.15) is 0 Å². The lowest BCUT2D eigenvalue weighted by Gasteiger charge is -2.35. The number of aromatic nitrogens is 1. The van der Waals surface area contributed by atoms with Gasteiger partial charge in [-0.3, -0.25) is 9.78 Å². The second-order valence-electron chi connectivity index (χ2n) is 7.01. The number of carbonyl (C=O) groups is 2. The van der Waals surface area contributed by atoms with E-state index in [1.54, 1.807) is 17.3 Å². The van der Waals surface area contributed by atoms with Gasteiger partial charge in [0.2, 0.25) is 0 Å². The topological polar surface area (TPSA) is 74.8 Å². The normalized spacial score (nSPS) is 17.9. The highest BCUT2D eigenvalue weighted by Gasteiger charge is 2.24. The molecule has 0 aromatic carbocycles. The average molecular weight is 397 g/mol. The van der Waals surface area contributed by atoms with Crippen molar-refractivity contribution in [2.45, 2.75) is 32.1 Å². The van der Waals surface area contributed by atoms with E-state index in [4.69, 9.17) is 4.74 Å². The molecule has 150 valence electrons. The zero-order valence-electron chi connectivity index (χ0n) is 15.6. The summed E-state index contributed by atoms with van der Waals surface area (Å²) < 4.78 is 5.03. The number of amides is 1. The van der Waals surface area contributed by atoms with Crippen LogP contribution in [0.15, 0.2) is 24.5 Å². The second kappa shape index (κ2) is 11.1. The molecule has 1 aromatic rings. The summed E-state index contributed by atoms with van der Waals surface area (Å²) in [5.41, 5.74) is 1.10. The standard InChI is InChI=1S/C19H28N4O3.ClH/c24-18(3-1-2-16-4-8-20-9-5-16)26-19(25)23-14-12-22(13-15-23)17-6-10-21-11-7-17;/h6-7,10-11,16,20H,1-5,8-9,12-15H2;1H. The molecule has 2 fully saturated rings. The molecule has 0 bridgehead atoms. The number of piperidine rings is 1. The monoisotopic (exact) mass is 396 g/mol. The minimum atomic E-state index is -0.508. The molecule has 0 saturated carbocycles. The Hall–Kier alpha value is -1.86. The summed E-state index contributed by atoms with van der Waals surface area (Å²) in [6, 6.07) is 3.92. The molecule has 2 saturated heterocycles. The molecule has 0 aliphatic carbocycles. The molecule has 7 nitrogen and oxygen atoms in total. The number of nitrogens with zero attached hydrogens (tertiary/aromatic N) is 3. The Balaban J connectivity index is 0.00000261. The number of hydrogen-bond acceptors (Lipinski definition) is 6. The number of nitrogens with one attached hydrogen (secondary N) is 1. The largest absolute Gasteiger partial charge is 0.417 e. The fraction of sp³-hybridized carbons (Fsp3) is 0.632. The van der Waals surface area contributed by atoms with Crippen molar-refractivity contribution in [3.8, 4) is 0 Å². The Labute approximate surface area is 166 Å². The van der Waals surface area contributed by atoms with Gasteiger partial charge in [0.05, 0.1) is 0 Å². The Kier molecular flexibility index (Phi) is 8.81. The molecule has 0 spiro atoms. The lowest BCUT2D eigenvalue weighted by molar-refractivity contribution is -0.138. The molecule has 1 amide bonds. The van der Waals surface area contributed by atoms with Crippen LogP contribution in [-0.2, 0) is 9.53 Å². The van der Waals surface area contributed by atoms with E-state index in [1.807, 2.05) is 12.1 Å². The van der Waals surface area contributed by atoms with E-state index in [0.717, 1.165) is 44.7 Å². The quantitative estimate of drug-likeness (QED) is 0.608. The molecule has 3 rings (SSSR count). The van der Waals surface area contributed by atoms with E-state index in [1.165, 1.54) is 12.8 Å². The number of piperazine rings is 1. The third-order valence-corrected chi connectivity index (χ3v) is 5.22. The van der Waals surface area contributed by atoms with Crippen LogP contribution in [0.3, 0.4) is 0 Å². The van der Waals surface area contributed by atoms with Crippen LogP contribution in [0, 0.1) is 5.92 Å². The van der Waals surface area contributed by atoms with Gasteiger partial charge in [0, 0.05) is 50.7 Å². The summed E-state index contributed by atoms with van der Waals surface area (Å²) in [5.74, 6) is 0.293. The Bertz CT molecular complexity index is 588. The van der Waals surface area contributed by atoms with Crippen molar-refractivity contribution in [1.82, 2.24) is 15.2 Å². The highest BCUT2D eigenvalue weighted by Crippen LogP contribution is 2.19. The number of carbonyl (C=O) groups excluding carboxylic acids is 2. The fourth-order valence-electron chi connectivity index (χ4n) is 3.62. The first-order chi connectivity index (χ1) is 12.7. The van der Waals surface area contributed by atoms with Crippen molar-refractivity contribution in [1.29, 1.82) is 0 Å². The van der Waals surface area contributed by atoms with Crippen LogP contribution >= 0.6 is 12.4 Å². The van der Waals surface area contributed by atoms with Crippen LogP contribution in [0.1, 0.15) is 32.1 Å². The highest BCUT2D eigenvalue weighted by molar-refractivity contribution is 5.85. The summed E-state index contributed by atoms with van der Waals surface area (Å²) in [7, 11) is 0. The molecule has 1 N–H and O–H groups in total. The van der Waals surface area contributed by atoms with Gasteiger partial charge in [-0.25, -0.2) is 4.79 Å². The molecule has 27 heavy (non-hydrogen) atoms. The van der Waals surface area contributed by atoms with E-state index >= 15 is 0 Å². The van der Waals surface area contributed by atoms with E-state index in [-0.39, 0.29) is 12.4 Å². The molecular weight excluding hydrogens is 368 g/mol. The molecule has 2 aliphatic rings. The lowest BCUT2D eigenvalue weighted by Crippen LogP contribution is -2.49. The minimum absolute atomic E-state index is 0. The fourth-order valence-corrected chi connectivity index (χ4v) is 3.62. The Morgan fingerprint density at radius 1 is 1.11 bits per heavy atom. The number of anilines is 1. The van der Waals surface area contributed by atoms with Gasteiger partial charge in [-0.1, -0.05) is 0 Å². The van der Waals surface area contributed by atoms with Crippen molar-refractivity contribution >= 4 is 30.2 Å². The predicted molar refractivity (Wildman–Crippen MR) is 106 cm³/mol. The third kappa shape index (κ3) is 6.66. The number of rotatable bonds is 5. The van der Waals surface area contributed by atoms with Crippen LogP contribution in [0.5, 0.6) is 0 Å². The van der Waals surface area contributed by atoms with Crippen molar-refractivity contribution in [2.24, 2.45) is 5.92 Å². The summed E-state index contributed by atoms with van der Waals surface area (Å²) in [5, 5.41) is 3.34. The number of ether oxygens (including phenoxy) is 1. The van der Waals surface area contributed by atoms with E-state index in [0.29, 0.717) is 25.4 Å². The first kappa shape index (κ1) is 21.4. The zero-order valence-corrected chi connectivity index (χ0v) is 16.5. The number of pyridine rings is 1. The first-order valence-corrected chi connectivity index (χ1v) is 9.57. The van der Waals surface area contributed by atoms with E-state index in [9.17, 15) is 9.59 Å². The SMILES string of the molecule is Cl.O=C(CCCC1CCNCC1)OC(=O)N1CCN(c2ccncc2)CC1. The van der Waals surface area contributed by atoms with Crippen LogP contribution in [0.2, 0.25) is 0 Å². The van der Waals surface area contributed by atoms with Crippen molar-refractivity contribution in [3.63, 3.8) is 0 Å². The average Bonchev–Trinajstić information content (AvgIpc) is 2.69. The van der Waals surface area contributed by atoms with Gasteiger partial charge in [-0.2, -0.15) is 0 Å². The number of esters is 1. The van der Waals surface area contributed by atoms with Crippen LogP contribution in [0.4, 0.5) is 10.5 Å². The predicted octanol–water partition coefficient (Wildman–Crippen LogP) is 2.46. The molecule has 2 aliphatic heterocycles. The van der Waals surface area contributed by atoms with Crippen LogP contribution < -0.4 is 10.2 Å². The molecular formula is C19H29ClN4O3. The maximum absolute atomic E-state index is 12.2. The summed E-state index contributed by atoms with van der Waals surface area (Å²) in [4.78, 5) is 31.9. The summed E-state index contributed by atoms with van der Waals surface area (Å²) >= 11 is 0. The van der Waals surface area contributed by atoms with E-state index in [2.05, 4.69) is 15.2 Å². The molecule has 0 atom stereocenters. The van der Waals surface area contributed by atoms with E-state index < -0.39 is 12.1 Å². The van der Waals surface area contributed by atoms with Gasteiger partial charge < -0.3 is 19.9 Å². The van der Waals surface area contributed by atoms with Gasteiger partial charge in [0.15, 0.2) is 0 Å². The van der Waals surface area contributed by atoms with Crippen molar-refractivity contribution in [3.05, 3.63) is 24.5 Å². The van der Waals surface area contributed by atoms with Crippen LogP contribution in [-0.4, -0.2) is 61.2 Å². The molecule has 1 aromatic heterocycles. The summed E-state index contributed by atoms with van der Waals surface area (Å²) in [6.07, 6.45) is 7.53. The van der Waals surface area contributed by atoms with Crippen molar-refractivity contribution < 1.29 is 14.3 Å². The lowest BCUT2D eigenvalue weighted by atomic mass is 9.92. The third-order valence-electron chi connectivity index (χ3n) is 5.22. The molecule has 8 heteroatoms. The van der Waals surface area contributed by atoms with Crippen molar-refractivity contribution in [2.75, 3.05) is 44.2 Å². The second-order valence-corrected chi connectivity index (χ2v) is 7.01. The highest BCUT2D eigenvalue weighted by atomic mass is 35.5.